The maximum atomic E-state index is 10.5. The first-order valence-electron chi connectivity index (χ1n) is 6.50. The number of nitrogens with zero attached hydrogens (tertiary/aromatic N) is 2. The van der Waals surface area contributed by atoms with Gasteiger partial charge in [-0.1, -0.05) is 12.1 Å². The fraction of sp³-hybridized carbons (Fsp3) is 0.538. The lowest BCUT2D eigenvalue weighted by Gasteiger charge is -2.26. The van der Waals surface area contributed by atoms with Gasteiger partial charge in [-0.05, 0) is 5.56 Å². The third-order valence-corrected chi connectivity index (χ3v) is 3.18. The van der Waals surface area contributed by atoms with E-state index in [0.717, 1.165) is 51.5 Å². The molecule has 0 aromatic heterocycles. The van der Waals surface area contributed by atoms with Crippen LogP contribution in [0.25, 0.3) is 0 Å². The van der Waals surface area contributed by atoms with Crippen molar-refractivity contribution in [3.05, 3.63) is 39.9 Å². The molecule has 1 heterocycles. The van der Waals surface area contributed by atoms with E-state index < -0.39 is 0 Å². The summed E-state index contributed by atoms with van der Waals surface area (Å²) in [6.07, 6.45) is 0. The van der Waals surface area contributed by atoms with Crippen molar-refractivity contribution in [2.75, 3.05) is 39.4 Å². The topological polar surface area (TPSA) is 67.6 Å². The molecule has 1 aromatic rings. The van der Waals surface area contributed by atoms with Crippen LogP contribution in [-0.4, -0.2) is 49.2 Å². The number of non-ortho nitro benzene ring substituents is 1. The molecule has 0 atom stereocenters. The molecule has 0 radical (unpaired) electrons. The Hall–Kier alpha value is -1.50. The van der Waals surface area contributed by atoms with Crippen LogP contribution >= 0.6 is 0 Å². The minimum absolute atomic E-state index is 0.136. The highest BCUT2D eigenvalue weighted by molar-refractivity contribution is 5.32. The highest BCUT2D eigenvalue weighted by Gasteiger charge is 2.09. The molecule has 2 rings (SSSR count). The smallest absolute Gasteiger partial charge is 0.269 e. The Morgan fingerprint density at radius 3 is 2.58 bits per heavy atom. The summed E-state index contributed by atoms with van der Waals surface area (Å²) in [5.41, 5.74) is 1.20. The second-order valence-electron chi connectivity index (χ2n) is 4.55. The van der Waals surface area contributed by atoms with Gasteiger partial charge in [-0.25, -0.2) is 0 Å². The Balaban J connectivity index is 1.66. The van der Waals surface area contributed by atoms with Gasteiger partial charge in [0.1, 0.15) is 0 Å². The summed E-state index contributed by atoms with van der Waals surface area (Å²) in [6, 6.07) is 6.66. The molecule has 1 aliphatic rings. The third kappa shape index (κ3) is 4.59. The van der Waals surface area contributed by atoms with Gasteiger partial charge in [0, 0.05) is 44.9 Å². The molecule has 0 bridgehead atoms. The van der Waals surface area contributed by atoms with Crippen LogP contribution in [0.4, 0.5) is 5.69 Å². The second kappa shape index (κ2) is 7.18. The van der Waals surface area contributed by atoms with Crippen molar-refractivity contribution in [2.45, 2.75) is 6.54 Å². The molecular weight excluding hydrogens is 246 g/mol. The number of benzene rings is 1. The van der Waals surface area contributed by atoms with Gasteiger partial charge in [-0.15, -0.1) is 0 Å². The zero-order valence-electron chi connectivity index (χ0n) is 10.9. The fourth-order valence-corrected chi connectivity index (χ4v) is 2.03. The molecule has 6 heteroatoms. The van der Waals surface area contributed by atoms with E-state index in [0.29, 0.717) is 0 Å². The van der Waals surface area contributed by atoms with Crippen molar-refractivity contribution in [1.29, 1.82) is 0 Å². The summed E-state index contributed by atoms with van der Waals surface area (Å²) >= 11 is 0. The normalized spacial score (nSPS) is 16.4. The highest BCUT2D eigenvalue weighted by atomic mass is 16.6. The Labute approximate surface area is 112 Å². The van der Waals surface area contributed by atoms with Gasteiger partial charge in [0.2, 0.25) is 0 Å². The number of nitro benzene ring substituents is 1. The van der Waals surface area contributed by atoms with Gasteiger partial charge in [0.25, 0.3) is 5.69 Å². The van der Waals surface area contributed by atoms with Crippen LogP contribution in [0.3, 0.4) is 0 Å². The molecule has 1 fully saturated rings. The third-order valence-electron chi connectivity index (χ3n) is 3.18. The van der Waals surface area contributed by atoms with E-state index in [9.17, 15) is 10.1 Å². The number of morpholine rings is 1. The maximum Gasteiger partial charge on any atom is 0.269 e. The lowest BCUT2D eigenvalue weighted by Crippen LogP contribution is -2.40. The van der Waals surface area contributed by atoms with Crippen LogP contribution < -0.4 is 5.32 Å². The molecule has 6 nitrogen and oxygen atoms in total. The summed E-state index contributed by atoms with van der Waals surface area (Å²) < 4.78 is 5.29. The van der Waals surface area contributed by atoms with Gasteiger partial charge >= 0.3 is 0 Å². The number of hydrogen-bond acceptors (Lipinski definition) is 5. The van der Waals surface area contributed by atoms with E-state index in [4.69, 9.17) is 4.74 Å². The molecule has 1 aromatic carbocycles. The van der Waals surface area contributed by atoms with Crippen LogP contribution in [0.15, 0.2) is 24.3 Å². The molecule has 1 N–H and O–H groups in total. The monoisotopic (exact) mass is 265 g/mol. The van der Waals surface area contributed by atoms with Crippen molar-refractivity contribution >= 4 is 5.69 Å². The highest BCUT2D eigenvalue weighted by Crippen LogP contribution is 2.11. The summed E-state index contributed by atoms with van der Waals surface area (Å²) in [4.78, 5) is 12.5. The first-order chi connectivity index (χ1) is 9.25. The number of nitro groups is 1. The first-order valence-corrected chi connectivity index (χ1v) is 6.50. The van der Waals surface area contributed by atoms with Crippen LogP contribution in [0, 0.1) is 10.1 Å². The molecule has 0 spiro atoms. The molecule has 104 valence electrons. The summed E-state index contributed by atoms with van der Waals surface area (Å²) in [7, 11) is 0. The number of hydrogen-bond donors (Lipinski definition) is 1. The molecule has 19 heavy (non-hydrogen) atoms. The van der Waals surface area contributed by atoms with Crippen LogP contribution in [0.5, 0.6) is 0 Å². The molecule has 1 saturated heterocycles. The van der Waals surface area contributed by atoms with Gasteiger partial charge in [0.15, 0.2) is 0 Å². The summed E-state index contributed by atoms with van der Waals surface area (Å²) in [6.45, 7) is 6.30. The minimum atomic E-state index is -0.379. The van der Waals surface area contributed by atoms with Crippen molar-refractivity contribution < 1.29 is 9.66 Å². The first kappa shape index (κ1) is 13.9. The summed E-state index contributed by atoms with van der Waals surface area (Å²) in [5, 5.41) is 13.9. The van der Waals surface area contributed by atoms with E-state index in [2.05, 4.69) is 10.2 Å². The Morgan fingerprint density at radius 1 is 1.26 bits per heavy atom. The molecule has 0 unspecified atom stereocenters. The van der Waals surface area contributed by atoms with Crippen molar-refractivity contribution in [3.63, 3.8) is 0 Å². The van der Waals surface area contributed by atoms with E-state index in [1.807, 2.05) is 0 Å². The van der Waals surface area contributed by atoms with Crippen LogP contribution in [0.1, 0.15) is 5.56 Å². The predicted octanol–water partition coefficient (Wildman–Crippen LogP) is 1.02. The minimum Gasteiger partial charge on any atom is -0.379 e. The zero-order valence-corrected chi connectivity index (χ0v) is 10.9. The molecule has 0 saturated carbocycles. The van der Waals surface area contributed by atoms with E-state index in [1.54, 1.807) is 24.3 Å². The molecule has 0 aliphatic carbocycles. The maximum absolute atomic E-state index is 10.5. The van der Waals surface area contributed by atoms with Gasteiger partial charge in [-0.3, -0.25) is 15.0 Å². The fourth-order valence-electron chi connectivity index (χ4n) is 2.03. The number of ether oxygens (including phenoxy) is 1. The van der Waals surface area contributed by atoms with Crippen LogP contribution in [-0.2, 0) is 11.3 Å². The van der Waals surface area contributed by atoms with E-state index in [-0.39, 0.29) is 10.6 Å². The zero-order chi connectivity index (χ0) is 13.5. The Kier molecular flexibility index (Phi) is 5.26. The Bertz CT molecular complexity index is 402. The SMILES string of the molecule is O=[N+]([O-])c1ccc(CNCCN2CCOCC2)cc1. The summed E-state index contributed by atoms with van der Waals surface area (Å²) in [5.74, 6) is 0. The quantitative estimate of drug-likeness (QED) is 0.472. The van der Waals surface area contributed by atoms with E-state index in [1.165, 1.54) is 0 Å². The largest absolute Gasteiger partial charge is 0.379 e. The number of rotatable bonds is 6. The second-order valence-corrected chi connectivity index (χ2v) is 4.55. The van der Waals surface area contributed by atoms with Gasteiger partial charge in [-0.2, -0.15) is 0 Å². The molecule has 0 amide bonds. The average Bonchev–Trinajstić information content (AvgIpc) is 2.45. The van der Waals surface area contributed by atoms with Crippen LogP contribution in [0.2, 0.25) is 0 Å². The van der Waals surface area contributed by atoms with E-state index >= 15 is 0 Å². The van der Waals surface area contributed by atoms with Crippen molar-refractivity contribution in [2.24, 2.45) is 0 Å². The van der Waals surface area contributed by atoms with Gasteiger partial charge < -0.3 is 10.1 Å². The number of nitrogens with one attached hydrogen (secondary N) is 1. The molecule has 1 aliphatic heterocycles. The van der Waals surface area contributed by atoms with Crippen molar-refractivity contribution in [1.82, 2.24) is 10.2 Å². The lowest BCUT2D eigenvalue weighted by atomic mass is 10.2. The Morgan fingerprint density at radius 2 is 1.95 bits per heavy atom. The average molecular weight is 265 g/mol. The van der Waals surface area contributed by atoms with Crippen molar-refractivity contribution in [3.8, 4) is 0 Å². The molecular formula is C13H19N3O3. The lowest BCUT2D eigenvalue weighted by molar-refractivity contribution is -0.384. The standard InChI is InChI=1S/C13H19N3O3/c17-16(18)13-3-1-12(2-4-13)11-14-5-6-15-7-9-19-10-8-15/h1-4,14H,5-11H2. The predicted molar refractivity (Wildman–Crippen MR) is 72.1 cm³/mol. The van der Waals surface area contributed by atoms with Gasteiger partial charge in [0.05, 0.1) is 18.1 Å².